The minimum Gasteiger partial charge on any atom is -0.331 e. The molecule has 0 radical (unpaired) electrons. The fourth-order valence-corrected chi connectivity index (χ4v) is 2.99. The van der Waals surface area contributed by atoms with Gasteiger partial charge in [-0.05, 0) is 32.0 Å². The SMILES string of the molecule is CNCCc1nc(-c2ccc(Br)cc2)c2n1CCC2. The summed E-state index contributed by atoms with van der Waals surface area (Å²) < 4.78 is 3.52. The number of imidazole rings is 1. The number of rotatable bonds is 4. The van der Waals surface area contributed by atoms with Crippen LogP contribution >= 0.6 is 15.9 Å². The summed E-state index contributed by atoms with van der Waals surface area (Å²) in [5.41, 5.74) is 3.81. The Morgan fingerprint density at radius 1 is 1.32 bits per heavy atom. The van der Waals surface area contributed by atoms with E-state index in [0.29, 0.717) is 0 Å². The van der Waals surface area contributed by atoms with Gasteiger partial charge < -0.3 is 9.88 Å². The summed E-state index contributed by atoms with van der Waals surface area (Å²) in [6.07, 6.45) is 3.39. The second kappa shape index (κ2) is 5.47. The van der Waals surface area contributed by atoms with Gasteiger partial charge in [-0.1, -0.05) is 28.1 Å². The molecule has 4 heteroatoms. The van der Waals surface area contributed by atoms with Crippen LogP contribution < -0.4 is 5.32 Å². The topological polar surface area (TPSA) is 29.9 Å². The molecular formula is C15H18BrN3. The summed E-state index contributed by atoms with van der Waals surface area (Å²) in [5, 5.41) is 3.20. The van der Waals surface area contributed by atoms with Gasteiger partial charge in [-0.25, -0.2) is 4.98 Å². The Hall–Kier alpha value is -1.13. The Labute approximate surface area is 122 Å². The third-order valence-electron chi connectivity index (χ3n) is 3.66. The molecule has 0 atom stereocenters. The van der Waals surface area contributed by atoms with Gasteiger partial charge in [0.25, 0.3) is 0 Å². The Balaban J connectivity index is 1.99. The van der Waals surface area contributed by atoms with Crippen LogP contribution in [0.5, 0.6) is 0 Å². The third-order valence-corrected chi connectivity index (χ3v) is 4.19. The first-order valence-electron chi connectivity index (χ1n) is 6.78. The highest BCUT2D eigenvalue weighted by molar-refractivity contribution is 9.10. The second-order valence-electron chi connectivity index (χ2n) is 4.94. The molecule has 1 aliphatic heterocycles. The monoisotopic (exact) mass is 319 g/mol. The van der Waals surface area contributed by atoms with Crippen LogP contribution in [-0.4, -0.2) is 23.1 Å². The molecule has 0 saturated heterocycles. The Morgan fingerprint density at radius 2 is 2.11 bits per heavy atom. The van der Waals surface area contributed by atoms with Crippen molar-refractivity contribution in [3.63, 3.8) is 0 Å². The maximum Gasteiger partial charge on any atom is 0.110 e. The van der Waals surface area contributed by atoms with Crippen LogP contribution in [-0.2, 0) is 19.4 Å². The zero-order valence-corrected chi connectivity index (χ0v) is 12.7. The molecule has 19 heavy (non-hydrogen) atoms. The van der Waals surface area contributed by atoms with Crippen LogP contribution in [0.15, 0.2) is 28.7 Å². The number of nitrogens with zero attached hydrogens (tertiary/aromatic N) is 2. The number of aromatic nitrogens is 2. The quantitative estimate of drug-likeness (QED) is 0.938. The number of nitrogens with one attached hydrogen (secondary N) is 1. The predicted molar refractivity (Wildman–Crippen MR) is 81.3 cm³/mol. The van der Waals surface area contributed by atoms with Crippen LogP contribution in [0.2, 0.25) is 0 Å². The molecule has 100 valence electrons. The van der Waals surface area contributed by atoms with Crippen molar-refractivity contribution in [2.24, 2.45) is 0 Å². The molecule has 0 fully saturated rings. The van der Waals surface area contributed by atoms with Gasteiger partial charge in [-0.2, -0.15) is 0 Å². The van der Waals surface area contributed by atoms with Crippen molar-refractivity contribution < 1.29 is 0 Å². The van der Waals surface area contributed by atoms with E-state index < -0.39 is 0 Å². The van der Waals surface area contributed by atoms with Crippen LogP contribution in [0.3, 0.4) is 0 Å². The number of halogens is 1. The number of benzene rings is 1. The van der Waals surface area contributed by atoms with E-state index in [4.69, 9.17) is 4.98 Å². The van der Waals surface area contributed by atoms with Gasteiger partial charge >= 0.3 is 0 Å². The molecule has 2 heterocycles. The molecule has 0 aliphatic carbocycles. The van der Waals surface area contributed by atoms with E-state index in [9.17, 15) is 0 Å². The van der Waals surface area contributed by atoms with E-state index in [1.54, 1.807) is 0 Å². The molecule has 0 saturated carbocycles. The van der Waals surface area contributed by atoms with E-state index in [-0.39, 0.29) is 0 Å². The minimum atomic E-state index is 0.982. The molecule has 0 amide bonds. The molecular weight excluding hydrogens is 302 g/mol. The molecule has 0 bridgehead atoms. The van der Waals surface area contributed by atoms with E-state index in [1.807, 2.05) is 7.05 Å². The average molecular weight is 320 g/mol. The van der Waals surface area contributed by atoms with Crippen molar-refractivity contribution in [2.75, 3.05) is 13.6 Å². The number of fused-ring (bicyclic) bond motifs is 1. The first-order valence-corrected chi connectivity index (χ1v) is 7.57. The fraction of sp³-hybridized carbons (Fsp3) is 0.400. The van der Waals surface area contributed by atoms with Gasteiger partial charge in [0.05, 0.1) is 5.69 Å². The number of likely N-dealkylation sites (N-methyl/N-ethyl adjacent to an activating group) is 1. The van der Waals surface area contributed by atoms with Crippen LogP contribution in [0, 0.1) is 0 Å². The Morgan fingerprint density at radius 3 is 2.84 bits per heavy atom. The zero-order valence-electron chi connectivity index (χ0n) is 11.1. The van der Waals surface area contributed by atoms with Crippen LogP contribution in [0.25, 0.3) is 11.3 Å². The summed E-state index contributed by atoms with van der Waals surface area (Å²) in [4.78, 5) is 4.88. The number of hydrogen-bond acceptors (Lipinski definition) is 2. The first kappa shape index (κ1) is 12.9. The maximum absolute atomic E-state index is 4.88. The molecule has 1 aromatic carbocycles. The fourth-order valence-electron chi connectivity index (χ4n) is 2.73. The van der Waals surface area contributed by atoms with Crippen molar-refractivity contribution in [3.05, 3.63) is 40.3 Å². The smallest absolute Gasteiger partial charge is 0.110 e. The highest BCUT2D eigenvalue weighted by Crippen LogP contribution is 2.30. The van der Waals surface area contributed by atoms with Crippen molar-refractivity contribution in [1.29, 1.82) is 0 Å². The highest BCUT2D eigenvalue weighted by atomic mass is 79.9. The average Bonchev–Trinajstić information content (AvgIpc) is 3.00. The molecule has 1 aliphatic rings. The van der Waals surface area contributed by atoms with Gasteiger partial charge in [-0.15, -0.1) is 0 Å². The van der Waals surface area contributed by atoms with E-state index in [0.717, 1.165) is 30.4 Å². The van der Waals surface area contributed by atoms with E-state index in [2.05, 4.69) is 50.1 Å². The molecule has 2 aromatic rings. The minimum absolute atomic E-state index is 0.982. The lowest BCUT2D eigenvalue weighted by Crippen LogP contribution is -2.13. The van der Waals surface area contributed by atoms with Gasteiger partial charge in [0.1, 0.15) is 5.82 Å². The normalized spacial score (nSPS) is 13.8. The highest BCUT2D eigenvalue weighted by Gasteiger charge is 2.21. The van der Waals surface area contributed by atoms with Crippen molar-refractivity contribution >= 4 is 15.9 Å². The van der Waals surface area contributed by atoms with Crippen molar-refractivity contribution in [1.82, 2.24) is 14.9 Å². The zero-order chi connectivity index (χ0) is 13.2. The Kier molecular flexibility index (Phi) is 3.71. The number of hydrogen-bond donors (Lipinski definition) is 1. The van der Waals surface area contributed by atoms with E-state index >= 15 is 0 Å². The van der Waals surface area contributed by atoms with Crippen molar-refractivity contribution in [3.8, 4) is 11.3 Å². The van der Waals surface area contributed by atoms with Gasteiger partial charge in [0.2, 0.25) is 0 Å². The molecule has 3 nitrogen and oxygen atoms in total. The Bertz CT molecular complexity index is 572. The first-order chi connectivity index (χ1) is 9.29. The summed E-state index contributed by atoms with van der Waals surface area (Å²) in [6, 6.07) is 8.47. The molecule has 3 rings (SSSR count). The maximum atomic E-state index is 4.88. The largest absolute Gasteiger partial charge is 0.331 e. The standard InChI is InChI=1S/C15H18BrN3/c1-17-9-8-14-18-15(13-3-2-10-19(13)14)11-4-6-12(16)7-5-11/h4-7,17H,2-3,8-10H2,1H3. The van der Waals surface area contributed by atoms with Crippen LogP contribution in [0.4, 0.5) is 0 Å². The lowest BCUT2D eigenvalue weighted by molar-refractivity contribution is 0.663. The van der Waals surface area contributed by atoms with E-state index in [1.165, 1.54) is 29.2 Å². The summed E-state index contributed by atoms with van der Waals surface area (Å²) >= 11 is 3.49. The third kappa shape index (κ3) is 2.47. The second-order valence-corrected chi connectivity index (χ2v) is 5.85. The van der Waals surface area contributed by atoms with Crippen molar-refractivity contribution in [2.45, 2.75) is 25.8 Å². The van der Waals surface area contributed by atoms with Gasteiger partial charge in [-0.3, -0.25) is 0 Å². The molecule has 1 N–H and O–H groups in total. The summed E-state index contributed by atoms with van der Waals surface area (Å²) in [5.74, 6) is 1.22. The van der Waals surface area contributed by atoms with Gasteiger partial charge in [0, 0.05) is 35.2 Å². The molecule has 0 unspecified atom stereocenters. The van der Waals surface area contributed by atoms with Gasteiger partial charge in [0.15, 0.2) is 0 Å². The molecule has 1 aromatic heterocycles. The van der Waals surface area contributed by atoms with Crippen LogP contribution in [0.1, 0.15) is 17.9 Å². The molecule has 0 spiro atoms. The lowest BCUT2D eigenvalue weighted by Gasteiger charge is -2.02. The summed E-state index contributed by atoms with van der Waals surface area (Å²) in [6.45, 7) is 2.11. The predicted octanol–water partition coefficient (Wildman–Crippen LogP) is 3.02. The lowest BCUT2D eigenvalue weighted by atomic mass is 10.1. The summed E-state index contributed by atoms with van der Waals surface area (Å²) in [7, 11) is 1.99.